The van der Waals surface area contributed by atoms with E-state index >= 15 is 0 Å². The number of likely N-dealkylation sites (tertiary alicyclic amines) is 1. The molecule has 20 heavy (non-hydrogen) atoms. The van der Waals surface area contributed by atoms with Crippen LogP contribution in [0.4, 0.5) is 0 Å². The van der Waals surface area contributed by atoms with Gasteiger partial charge in [0.25, 0.3) is 0 Å². The number of nitrogens with zero attached hydrogens (tertiary/aromatic N) is 1. The number of nitrogens with one attached hydrogen (secondary N) is 1. The van der Waals surface area contributed by atoms with Gasteiger partial charge in [-0.2, -0.15) is 0 Å². The van der Waals surface area contributed by atoms with Crippen LogP contribution in [0.25, 0.3) is 10.9 Å². The molecule has 1 aromatic heterocycles. The van der Waals surface area contributed by atoms with E-state index in [1.54, 1.807) is 0 Å². The van der Waals surface area contributed by atoms with Crippen molar-refractivity contribution < 1.29 is 15.3 Å². The minimum absolute atomic E-state index is 0.133. The first-order chi connectivity index (χ1) is 9.70. The van der Waals surface area contributed by atoms with Gasteiger partial charge < -0.3 is 20.3 Å². The molecule has 5 heteroatoms. The topological polar surface area (TPSA) is 79.7 Å². The number of para-hydroxylation sites is 1. The Bertz CT molecular complexity index is 583. The Balaban J connectivity index is 1.70. The quantitative estimate of drug-likeness (QED) is 0.639. The van der Waals surface area contributed by atoms with E-state index < -0.39 is 12.2 Å². The molecule has 3 unspecified atom stereocenters. The zero-order valence-corrected chi connectivity index (χ0v) is 11.2. The van der Waals surface area contributed by atoms with Crippen molar-refractivity contribution in [3.8, 4) is 0 Å². The summed E-state index contributed by atoms with van der Waals surface area (Å²) in [6.45, 7) is 0.988. The van der Waals surface area contributed by atoms with Crippen LogP contribution < -0.4 is 0 Å². The Labute approximate surface area is 117 Å². The number of H-pyrrole nitrogens is 1. The summed E-state index contributed by atoms with van der Waals surface area (Å²) in [5, 5.41) is 30.0. The number of aliphatic hydroxyl groups excluding tert-OH is 3. The lowest BCUT2D eigenvalue weighted by Gasteiger charge is -2.23. The maximum atomic E-state index is 9.80. The zero-order valence-electron chi connectivity index (χ0n) is 11.2. The summed E-state index contributed by atoms with van der Waals surface area (Å²) < 4.78 is 0. The number of benzene rings is 1. The van der Waals surface area contributed by atoms with Gasteiger partial charge in [0.2, 0.25) is 0 Å². The molecule has 1 aliphatic heterocycles. The summed E-state index contributed by atoms with van der Waals surface area (Å²) in [5.41, 5.74) is 2.33. The van der Waals surface area contributed by atoms with E-state index in [-0.39, 0.29) is 12.6 Å². The molecule has 0 amide bonds. The van der Waals surface area contributed by atoms with Gasteiger partial charge in [0.15, 0.2) is 0 Å². The summed E-state index contributed by atoms with van der Waals surface area (Å²) in [4.78, 5) is 5.20. The van der Waals surface area contributed by atoms with Crippen molar-refractivity contribution in [3.05, 3.63) is 36.0 Å². The van der Waals surface area contributed by atoms with Gasteiger partial charge in [-0.3, -0.25) is 4.90 Å². The van der Waals surface area contributed by atoms with Crippen molar-refractivity contribution in [3.63, 3.8) is 0 Å². The normalized spacial score (nSPS) is 27.4. The number of hydrogen-bond acceptors (Lipinski definition) is 4. The van der Waals surface area contributed by atoms with E-state index in [9.17, 15) is 15.3 Å². The van der Waals surface area contributed by atoms with Gasteiger partial charge in [0.1, 0.15) is 0 Å². The van der Waals surface area contributed by atoms with Crippen molar-refractivity contribution in [1.82, 2.24) is 9.88 Å². The van der Waals surface area contributed by atoms with Crippen molar-refractivity contribution in [2.75, 3.05) is 19.7 Å². The molecule has 3 rings (SSSR count). The number of aliphatic hydroxyl groups is 3. The maximum Gasteiger partial charge on any atom is 0.0988 e. The number of aromatic amines is 1. The average Bonchev–Trinajstić information content (AvgIpc) is 2.99. The maximum absolute atomic E-state index is 9.80. The van der Waals surface area contributed by atoms with Gasteiger partial charge in [-0.05, 0) is 18.1 Å². The zero-order chi connectivity index (χ0) is 14.1. The number of β-amino-alcohol motifs (C(OH)–C–C–N with tert-alkyl or cyclic N) is 1. The molecule has 0 aliphatic carbocycles. The van der Waals surface area contributed by atoms with Crippen molar-refractivity contribution in [2.24, 2.45) is 0 Å². The number of fused-ring (bicyclic) bond motifs is 1. The van der Waals surface area contributed by atoms with Gasteiger partial charge in [-0.1, -0.05) is 18.2 Å². The standard InChI is InChI=1S/C15H20N2O3/c18-9-13-15(20)14(19)8-17(13)6-5-10-7-16-12-4-2-1-3-11(10)12/h1-4,7,13-16,18-20H,5-6,8-9H2. The van der Waals surface area contributed by atoms with Gasteiger partial charge in [-0.15, -0.1) is 0 Å². The smallest absolute Gasteiger partial charge is 0.0988 e. The fraction of sp³-hybridized carbons (Fsp3) is 0.467. The molecule has 2 aromatic rings. The van der Waals surface area contributed by atoms with Gasteiger partial charge >= 0.3 is 0 Å². The van der Waals surface area contributed by atoms with Crippen LogP contribution >= 0.6 is 0 Å². The van der Waals surface area contributed by atoms with E-state index in [0.29, 0.717) is 13.1 Å². The fourth-order valence-corrected chi connectivity index (χ4v) is 3.04. The molecular weight excluding hydrogens is 256 g/mol. The largest absolute Gasteiger partial charge is 0.395 e. The highest BCUT2D eigenvalue weighted by Crippen LogP contribution is 2.22. The molecule has 0 radical (unpaired) electrons. The summed E-state index contributed by atoms with van der Waals surface area (Å²) >= 11 is 0. The Hall–Kier alpha value is -1.40. The Morgan fingerprint density at radius 2 is 2.05 bits per heavy atom. The summed E-state index contributed by atoms with van der Waals surface area (Å²) in [7, 11) is 0. The average molecular weight is 276 g/mol. The first kappa shape index (κ1) is 13.6. The molecule has 1 saturated heterocycles. The van der Waals surface area contributed by atoms with Crippen LogP contribution in [-0.2, 0) is 6.42 Å². The summed E-state index contributed by atoms with van der Waals surface area (Å²) in [6.07, 6.45) is 1.19. The van der Waals surface area contributed by atoms with Crippen LogP contribution in [0.3, 0.4) is 0 Å². The highest BCUT2D eigenvalue weighted by molar-refractivity contribution is 5.83. The van der Waals surface area contributed by atoms with Crippen LogP contribution in [0.1, 0.15) is 5.56 Å². The Kier molecular flexibility index (Phi) is 3.76. The molecule has 1 aliphatic rings. The SMILES string of the molecule is OCC1C(O)C(O)CN1CCc1c[nH]c2ccccc12. The molecule has 0 saturated carbocycles. The van der Waals surface area contributed by atoms with Crippen LogP contribution in [0.5, 0.6) is 0 Å². The molecule has 5 nitrogen and oxygen atoms in total. The highest BCUT2D eigenvalue weighted by Gasteiger charge is 2.38. The minimum Gasteiger partial charge on any atom is -0.395 e. The van der Waals surface area contributed by atoms with Crippen LogP contribution in [0.2, 0.25) is 0 Å². The first-order valence-electron chi connectivity index (χ1n) is 6.96. The van der Waals surface area contributed by atoms with Crippen LogP contribution in [0.15, 0.2) is 30.5 Å². The van der Waals surface area contributed by atoms with Gasteiger partial charge in [-0.25, -0.2) is 0 Å². The highest BCUT2D eigenvalue weighted by atomic mass is 16.3. The van der Waals surface area contributed by atoms with Crippen LogP contribution in [0, 0.1) is 0 Å². The second kappa shape index (κ2) is 5.54. The lowest BCUT2D eigenvalue weighted by Crippen LogP contribution is -2.39. The predicted octanol–water partition coefficient (Wildman–Crippen LogP) is 0.109. The first-order valence-corrected chi connectivity index (χ1v) is 6.96. The van der Waals surface area contributed by atoms with E-state index in [4.69, 9.17) is 0 Å². The van der Waals surface area contributed by atoms with E-state index in [1.807, 2.05) is 29.3 Å². The molecule has 0 bridgehead atoms. The predicted molar refractivity (Wildman–Crippen MR) is 76.5 cm³/mol. The molecule has 1 aromatic carbocycles. The molecule has 2 heterocycles. The Morgan fingerprint density at radius 1 is 1.25 bits per heavy atom. The van der Waals surface area contributed by atoms with Crippen molar-refractivity contribution >= 4 is 10.9 Å². The molecule has 0 spiro atoms. The van der Waals surface area contributed by atoms with E-state index in [0.717, 1.165) is 11.9 Å². The molecular formula is C15H20N2O3. The molecule has 1 fully saturated rings. The summed E-state index contributed by atoms with van der Waals surface area (Å²) in [6, 6.07) is 7.77. The third-order valence-corrected chi connectivity index (χ3v) is 4.21. The van der Waals surface area contributed by atoms with E-state index in [1.165, 1.54) is 10.9 Å². The van der Waals surface area contributed by atoms with Gasteiger partial charge in [0.05, 0.1) is 24.9 Å². The Morgan fingerprint density at radius 3 is 2.85 bits per heavy atom. The second-order valence-electron chi connectivity index (χ2n) is 5.41. The third kappa shape index (κ3) is 2.33. The molecule has 108 valence electrons. The third-order valence-electron chi connectivity index (χ3n) is 4.21. The monoisotopic (exact) mass is 276 g/mol. The number of hydrogen-bond donors (Lipinski definition) is 4. The van der Waals surface area contributed by atoms with Crippen molar-refractivity contribution in [1.29, 1.82) is 0 Å². The number of rotatable bonds is 4. The van der Waals surface area contributed by atoms with E-state index in [2.05, 4.69) is 11.1 Å². The van der Waals surface area contributed by atoms with Crippen molar-refractivity contribution in [2.45, 2.75) is 24.7 Å². The molecule has 4 N–H and O–H groups in total. The molecule has 3 atom stereocenters. The lowest BCUT2D eigenvalue weighted by atomic mass is 10.1. The lowest BCUT2D eigenvalue weighted by molar-refractivity contribution is 0.0218. The minimum atomic E-state index is -0.858. The summed E-state index contributed by atoms with van der Waals surface area (Å²) in [5.74, 6) is 0. The fourth-order valence-electron chi connectivity index (χ4n) is 3.04. The second-order valence-corrected chi connectivity index (χ2v) is 5.41. The van der Waals surface area contributed by atoms with Gasteiger partial charge in [0, 0.05) is 30.2 Å². The number of aromatic nitrogens is 1. The van der Waals surface area contributed by atoms with Crippen LogP contribution in [-0.4, -0.2) is 63.1 Å².